The zero-order valence-electron chi connectivity index (χ0n) is 10.5. The van der Waals surface area contributed by atoms with Crippen LogP contribution < -0.4 is 11.3 Å². The van der Waals surface area contributed by atoms with E-state index in [1.54, 1.807) is 24.3 Å². The van der Waals surface area contributed by atoms with Crippen molar-refractivity contribution in [1.82, 2.24) is 4.31 Å². The maximum Gasteiger partial charge on any atom is 0.245 e. The molecular formula is C12H17N3O3S. The third-order valence-electron chi connectivity index (χ3n) is 3.67. The Morgan fingerprint density at radius 1 is 1.21 bits per heavy atom. The predicted octanol–water partition coefficient (Wildman–Crippen LogP) is 0.524. The van der Waals surface area contributed by atoms with Gasteiger partial charge < -0.3 is 10.2 Å². The number of para-hydroxylation sites is 1. The number of rotatable bonds is 3. The van der Waals surface area contributed by atoms with Crippen LogP contribution in [-0.2, 0) is 14.8 Å². The first kappa shape index (κ1) is 12.9. The molecule has 19 heavy (non-hydrogen) atoms. The van der Waals surface area contributed by atoms with Crippen LogP contribution in [0.15, 0.2) is 29.2 Å². The number of nitrogens with one attached hydrogen (secondary N) is 1. The van der Waals surface area contributed by atoms with Gasteiger partial charge in [-0.1, -0.05) is 12.1 Å². The van der Waals surface area contributed by atoms with Crippen LogP contribution >= 0.6 is 0 Å². The van der Waals surface area contributed by atoms with Crippen LogP contribution in [0.25, 0.3) is 0 Å². The second-order valence-electron chi connectivity index (χ2n) is 4.92. The summed E-state index contributed by atoms with van der Waals surface area (Å²) in [6.07, 6.45) is 1.94. The lowest BCUT2D eigenvalue weighted by molar-refractivity contribution is -0.0114. The van der Waals surface area contributed by atoms with Crippen LogP contribution in [0.4, 0.5) is 5.69 Å². The molecule has 2 aliphatic rings. The van der Waals surface area contributed by atoms with Gasteiger partial charge in [-0.3, -0.25) is 5.84 Å². The molecule has 0 radical (unpaired) electrons. The lowest BCUT2D eigenvalue weighted by Gasteiger charge is -2.31. The molecule has 1 aromatic carbocycles. The van der Waals surface area contributed by atoms with Crippen molar-refractivity contribution in [3.63, 3.8) is 0 Å². The quantitative estimate of drug-likeness (QED) is 0.624. The van der Waals surface area contributed by atoms with Crippen molar-refractivity contribution in [3.8, 4) is 0 Å². The first-order valence-electron chi connectivity index (χ1n) is 6.32. The minimum atomic E-state index is -3.52. The molecule has 2 saturated heterocycles. The second kappa shape index (κ2) is 4.75. The molecule has 2 bridgehead atoms. The number of morpholine rings is 1. The van der Waals surface area contributed by atoms with E-state index in [9.17, 15) is 8.42 Å². The van der Waals surface area contributed by atoms with E-state index >= 15 is 0 Å². The molecule has 6 nitrogen and oxygen atoms in total. The van der Waals surface area contributed by atoms with Gasteiger partial charge in [0.2, 0.25) is 10.0 Å². The summed E-state index contributed by atoms with van der Waals surface area (Å²) in [6, 6.07) is 6.67. The Kier molecular flexibility index (Phi) is 3.22. The Morgan fingerprint density at radius 2 is 1.84 bits per heavy atom. The highest BCUT2D eigenvalue weighted by atomic mass is 32.2. The summed E-state index contributed by atoms with van der Waals surface area (Å²) in [5.74, 6) is 5.39. The van der Waals surface area contributed by atoms with Crippen molar-refractivity contribution in [2.24, 2.45) is 5.84 Å². The molecule has 3 N–H and O–H groups in total. The fraction of sp³-hybridized carbons (Fsp3) is 0.500. The molecule has 0 spiro atoms. The topological polar surface area (TPSA) is 84.7 Å². The highest BCUT2D eigenvalue weighted by Gasteiger charge is 2.39. The largest absolute Gasteiger partial charge is 0.372 e. The standard InChI is InChI=1S/C12H17N3O3S/c13-14-11-3-1-2-4-12(11)19(16,17)15-7-9-5-6-10(8-15)18-9/h1-4,9-10,14H,5-8,13H2. The summed E-state index contributed by atoms with van der Waals surface area (Å²) in [4.78, 5) is 0.221. The number of hydrazine groups is 1. The molecule has 2 atom stereocenters. The Bertz CT molecular complexity index is 563. The molecule has 2 heterocycles. The van der Waals surface area contributed by atoms with Gasteiger partial charge in [0, 0.05) is 13.1 Å². The molecule has 0 aromatic heterocycles. The summed E-state index contributed by atoms with van der Waals surface area (Å²) in [6.45, 7) is 0.857. The summed E-state index contributed by atoms with van der Waals surface area (Å²) < 4.78 is 32.5. The molecule has 1 aromatic rings. The van der Waals surface area contributed by atoms with Gasteiger partial charge in [0.1, 0.15) is 4.90 Å². The van der Waals surface area contributed by atoms with Crippen molar-refractivity contribution in [2.45, 2.75) is 29.9 Å². The minimum absolute atomic E-state index is 0.0338. The fourth-order valence-corrected chi connectivity index (χ4v) is 4.38. The highest BCUT2D eigenvalue weighted by Crippen LogP contribution is 2.31. The number of nitrogens with zero attached hydrogens (tertiary/aromatic N) is 1. The summed E-state index contributed by atoms with van der Waals surface area (Å²) in [5.41, 5.74) is 2.86. The lowest BCUT2D eigenvalue weighted by Crippen LogP contribution is -2.45. The predicted molar refractivity (Wildman–Crippen MR) is 70.9 cm³/mol. The molecule has 104 valence electrons. The number of anilines is 1. The number of nitrogens with two attached hydrogens (primary N) is 1. The van der Waals surface area contributed by atoms with Crippen molar-refractivity contribution in [2.75, 3.05) is 18.5 Å². The normalized spacial score (nSPS) is 27.4. The third-order valence-corrected chi connectivity index (χ3v) is 5.56. The van der Waals surface area contributed by atoms with Gasteiger partial charge in [-0.05, 0) is 25.0 Å². The Morgan fingerprint density at radius 3 is 2.47 bits per heavy atom. The molecule has 3 rings (SSSR count). The molecular weight excluding hydrogens is 266 g/mol. The fourth-order valence-electron chi connectivity index (χ4n) is 2.72. The van der Waals surface area contributed by atoms with Crippen molar-refractivity contribution in [1.29, 1.82) is 0 Å². The minimum Gasteiger partial charge on any atom is -0.372 e. The number of nitrogen functional groups attached to an aromatic ring is 1. The summed E-state index contributed by atoms with van der Waals surface area (Å²) >= 11 is 0. The number of sulfonamides is 1. The lowest BCUT2D eigenvalue weighted by atomic mass is 10.2. The zero-order valence-corrected chi connectivity index (χ0v) is 11.3. The first-order valence-corrected chi connectivity index (χ1v) is 7.76. The van der Waals surface area contributed by atoms with Crippen LogP contribution in [0.1, 0.15) is 12.8 Å². The van der Waals surface area contributed by atoms with Crippen molar-refractivity contribution < 1.29 is 13.2 Å². The zero-order chi connectivity index (χ0) is 13.5. The van der Waals surface area contributed by atoms with Crippen LogP contribution in [0.3, 0.4) is 0 Å². The second-order valence-corrected chi connectivity index (χ2v) is 6.83. The SMILES string of the molecule is NNc1ccccc1S(=O)(=O)N1CC2CCC(C1)O2. The molecule has 2 aliphatic heterocycles. The Balaban J connectivity index is 1.94. The number of ether oxygens (including phenoxy) is 1. The van der Waals surface area contributed by atoms with Crippen molar-refractivity contribution >= 4 is 15.7 Å². The Labute approximate surface area is 112 Å². The van der Waals surface area contributed by atoms with E-state index in [0.29, 0.717) is 18.8 Å². The van der Waals surface area contributed by atoms with E-state index in [1.165, 1.54) is 4.31 Å². The maximum atomic E-state index is 12.7. The van der Waals surface area contributed by atoms with Gasteiger partial charge in [-0.25, -0.2) is 8.42 Å². The Hall–Kier alpha value is -1.15. The van der Waals surface area contributed by atoms with Gasteiger partial charge in [-0.15, -0.1) is 0 Å². The molecule has 0 saturated carbocycles. The van der Waals surface area contributed by atoms with E-state index in [2.05, 4.69) is 5.43 Å². The number of hydrogen-bond acceptors (Lipinski definition) is 5. The van der Waals surface area contributed by atoms with Gasteiger partial charge in [0.25, 0.3) is 0 Å². The monoisotopic (exact) mass is 283 g/mol. The van der Waals surface area contributed by atoms with Crippen LogP contribution in [-0.4, -0.2) is 38.0 Å². The van der Waals surface area contributed by atoms with E-state index < -0.39 is 10.0 Å². The first-order chi connectivity index (χ1) is 9.11. The molecule has 2 unspecified atom stereocenters. The van der Waals surface area contributed by atoms with Gasteiger partial charge in [-0.2, -0.15) is 4.31 Å². The highest BCUT2D eigenvalue weighted by molar-refractivity contribution is 7.89. The van der Waals surface area contributed by atoms with Gasteiger partial charge in [0.15, 0.2) is 0 Å². The van der Waals surface area contributed by atoms with E-state index in [-0.39, 0.29) is 17.1 Å². The third kappa shape index (κ3) is 2.23. The van der Waals surface area contributed by atoms with Crippen LogP contribution in [0.2, 0.25) is 0 Å². The molecule has 0 amide bonds. The number of benzene rings is 1. The maximum absolute atomic E-state index is 12.7. The van der Waals surface area contributed by atoms with Crippen molar-refractivity contribution in [3.05, 3.63) is 24.3 Å². The number of fused-ring (bicyclic) bond motifs is 2. The average Bonchev–Trinajstić information content (AvgIpc) is 2.77. The van der Waals surface area contributed by atoms with E-state index in [1.807, 2.05) is 0 Å². The summed E-state index contributed by atoms with van der Waals surface area (Å²) in [5, 5.41) is 0. The summed E-state index contributed by atoms with van der Waals surface area (Å²) in [7, 11) is -3.52. The van der Waals surface area contributed by atoms with Gasteiger partial charge >= 0.3 is 0 Å². The van der Waals surface area contributed by atoms with E-state index in [0.717, 1.165) is 12.8 Å². The molecule has 0 aliphatic carbocycles. The number of hydrogen-bond donors (Lipinski definition) is 2. The van der Waals surface area contributed by atoms with Crippen LogP contribution in [0.5, 0.6) is 0 Å². The van der Waals surface area contributed by atoms with Crippen LogP contribution in [0, 0.1) is 0 Å². The molecule has 7 heteroatoms. The average molecular weight is 283 g/mol. The van der Waals surface area contributed by atoms with Gasteiger partial charge in [0.05, 0.1) is 17.9 Å². The molecule has 2 fully saturated rings. The van der Waals surface area contributed by atoms with E-state index in [4.69, 9.17) is 10.6 Å². The smallest absolute Gasteiger partial charge is 0.245 e.